The first kappa shape index (κ1) is 16.3. The van der Waals surface area contributed by atoms with E-state index < -0.39 is 10.0 Å². The summed E-state index contributed by atoms with van der Waals surface area (Å²) in [5.41, 5.74) is -0.148. The fourth-order valence-electron chi connectivity index (χ4n) is 1.27. The number of nitrogens with zero attached hydrogens (tertiary/aromatic N) is 2. The zero-order valence-corrected chi connectivity index (χ0v) is 13.9. The molecular weight excluding hydrogens is 332 g/mol. The zero-order chi connectivity index (χ0) is 14.7. The van der Waals surface area contributed by atoms with E-state index in [0.717, 1.165) is 12.1 Å². The number of sulfonamides is 1. The minimum absolute atomic E-state index is 0.148. The highest BCUT2D eigenvalue weighted by Crippen LogP contribution is 2.22. The Morgan fingerprint density at radius 3 is 2.42 bits per heavy atom. The first-order valence-electron chi connectivity index (χ1n) is 5.81. The van der Waals surface area contributed by atoms with Gasteiger partial charge in [0.05, 0.1) is 6.26 Å². The Morgan fingerprint density at radius 2 is 1.89 bits per heavy atom. The van der Waals surface area contributed by atoms with Gasteiger partial charge in [0.25, 0.3) is 0 Å². The average molecular weight is 351 g/mol. The van der Waals surface area contributed by atoms with Crippen LogP contribution in [0.15, 0.2) is 10.7 Å². The van der Waals surface area contributed by atoms with Gasteiger partial charge in [0.2, 0.25) is 10.0 Å². The van der Waals surface area contributed by atoms with E-state index >= 15 is 0 Å². The molecule has 0 aromatic carbocycles. The van der Waals surface area contributed by atoms with Gasteiger partial charge in [0, 0.05) is 24.6 Å². The lowest BCUT2D eigenvalue weighted by atomic mass is 9.96. The number of hydrogen-bond acceptors (Lipinski definition) is 5. The summed E-state index contributed by atoms with van der Waals surface area (Å²) in [5.74, 6) is 1.39. The number of nitrogens with one attached hydrogen (secondary N) is 2. The standard InChI is InChI=1S/C11H19BrN4O2S/c1-11(2,3)10-15-8(12)7-9(16-10)13-5-6-14-19(4,17)18/h7,14H,5-6H2,1-4H3,(H,13,15,16). The predicted octanol–water partition coefficient (Wildman–Crippen LogP) is 1.50. The Bertz CT molecular complexity index is 540. The van der Waals surface area contributed by atoms with Crippen LogP contribution in [-0.2, 0) is 15.4 Å². The minimum atomic E-state index is -3.15. The molecule has 0 bridgehead atoms. The molecule has 0 unspecified atom stereocenters. The fraction of sp³-hybridized carbons (Fsp3) is 0.636. The summed E-state index contributed by atoms with van der Waals surface area (Å²) >= 11 is 3.34. The lowest BCUT2D eigenvalue weighted by Crippen LogP contribution is -2.28. The Labute approximate surface area is 122 Å². The molecule has 1 heterocycles. The molecule has 1 aromatic rings. The molecule has 2 N–H and O–H groups in total. The molecule has 19 heavy (non-hydrogen) atoms. The Hall–Kier alpha value is -0.730. The molecule has 0 saturated heterocycles. The van der Waals surface area contributed by atoms with Gasteiger partial charge in [-0.15, -0.1) is 0 Å². The number of anilines is 1. The van der Waals surface area contributed by atoms with Gasteiger partial charge in [-0.1, -0.05) is 20.8 Å². The molecule has 0 aliphatic rings. The van der Waals surface area contributed by atoms with E-state index in [1.165, 1.54) is 0 Å². The fourth-order valence-corrected chi connectivity index (χ4v) is 2.13. The van der Waals surface area contributed by atoms with Gasteiger partial charge in [0.15, 0.2) is 0 Å². The molecule has 0 fully saturated rings. The van der Waals surface area contributed by atoms with Crippen molar-refractivity contribution in [1.29, 1.82) is 0 Å². The van der Waals surface area contributed by atoms with Gasteiger partial charge < -0.3 is 5.32 Å². The van der Waals surface area contributed by atoms with E-state index in [9.17, 15) is 8.42 Å². The molecule has 6 nitrogen and oxygen atoms in total. The number of hydrogen-bond donors (Lipinski definition) is 2. The molecule has 0 atom stereocenters. The van der Waals surface area contributed by atoms with Crippen LogP contribution in [-0.4, -0.2) is 37.7 Å². The molecule has 108 valence electrons. The average Bonchev–Trinajstić information content (AvgIpc) is 2.21. The highest BCUT2D eigenvalue weighted by molar-refractivity contribution is 9.10. The van der Waals surface area contributed by atoms with Crippen LogP contribution in [0.2, 0.25) is 0 Å². The zero-order valence-electron chi connectivity index (χ0n) is 11.5. The quantitative estimate of drug-likeness (QED) is 0.620. The van der Waals surface area contributed by atoms with Gasteiger partial charge in [0.1, 0.15) is 16.2 Å². The van der Waals surface area contributed by atoms with E-state index in [-0.39, 0.29) is 5.41 Å². The second-order valence-corrected chi connectivity index (χ2v) is 7.89. The van der Waals surface area contributed by atoms with Gasteiger partial charge in [-0.2, -0.15) is 0 Å². The third kappa shape index (κ3) is 6.31. The van der Waals surface area contributed by atoms with Gasteiger partial charge in [-0.25, -0.2) is 23.1 Å². The lowest BCUT2D eigenvalue weighted by Gasteiger charge is -2.18. The van der Waals surface area contributed by atoms with Crippen LogP contribution in [0.5, 0.6) is 0 Å². The first-order valence-corrected chi connectivity index (χ1v) is 8.50. The molecule has 8 heteroatoms. The number of aromatic nitrogens is 2. The van der Waals surface area contributed by atoms with Crippen molar-refractivity contribution >= 4 is 31.8 Å². The molecule has 1 aromatic heterocycles. The second-order valence-electron chi connectivity index (χ2n) is 5.24. The summed E-state index contributed by atoms with van der Waals surface area (Å²) in [6.45, 7) is 6.86. The summed E-state index contributed by atoms with van der Waals surface area (Å²) in [5, 5.41) is 3.06. The third-order valence-electron chi connectivity index (χ3n) is 2.16. The van der Waals surface area contributed by atoms with Crippen LogP contribution < -0.4 is 10.0 Å². The maximum absolute atomic E-state index is 10.9. The van der Waals surface area contributed by atoms with E-state index in [1.54, 1.807) is 6.07 Å². The summed E-state index contributed by atoms with van der Waals surface area (Å²) in [6, 6.07) is 1.76. The highest BCUT2D eigenvalue weighted by atomic mass is 79.9. The van der Waals surface area contributed by atoms with Crippen molar-refractivity contribution in [2.45, 2.75) is 26.2 Å². The summed E-state index contributed by atoms with van der Waals surface area (Å²) in [4.78, 5) is 8.74. The lowest BCUT2D eigenvalue weighted by molar-refractivity contribution is 0.544. The van der Waals surface area contributed by atoms with Crippen molar-refractivity contribution in [1.82, 2.24) is 14.7 Å². The molecule has 1 rings (SSSR count). The molecule has 0 aliphatic heterocycles. The summed E-state index contributed by atoms with van der Waals surface area (Å²) < 4.78 is 24.9. The smallest absolute Gasteiger partial charge is 0.208 e. The van der Waals surface area contributed by atoms with Gasteiger partial charge in [-0.05, 0) is 15.9 Å². The molecule has 0 spiro atoms. The largest absolute Gasteiger partial charge is 0.369 e. The van der Waals surface area contributed by atoms with E-state index in [2.05, 4.69) is 35.9 Å². The Kier molecular flexibility index (Phi) is 5.28. The number of rotatable bonds is 5. The molecular formula is C11H19BrN4O2S. The van der Waals surface area contributed by atoms with Crippen molar-refractivity contribution in [3.05, 3.63) is 16.5 Å². The van der Waals surface area contributed by atoms with Crippen LogP contribution in [0.1, 0.15) is 26.6 Å². The molecule has 0 amide bonds. The van der Waals surface area contributed by atoms with Crippen molar-refractivity contribution in [2.75, 3.05) is 24.7 Å². The van der Waals surface area contributed by atoms with Crippen molar-refractivity contribution in [3.63, 3.8) is 0 Å². The molecule has 0 aliphatic carbocycles. The Morgan fingerprint density at radius 1 is 1.26 bits per heavy atom. The van der Waals surface area contributed by atoms with Crippen LogP contribution >= 0.6 is 15.9 Å². The van der Waals surface area contributed by atoms with Crippen LogP contribution in [0.4, 0.5) is 5.82 Å². The SMILES string of the molecule is CC(C)(C)c1nc(Br)cc(NCCNS(C)(=O)=O)n1. The van der Waals surface area contributed by atoms with Crippen molar-refractivity contribution in [2.24, 2.45) is 0 Å². The topological polar surface area (TPSA) is 84.0 Å². The number of halogens is 1. The monoisotopic (exact) mass is 350 g/mol. The summed E-state index contributed by atoms with van der Waals surface area (Å²) in [6.07, 6.45) is 1.13. The maximum Gasteiger partial charge on any atom is 0.208 e. The summed E-state index contributed by atoms with van der Waals surface area (Å²) in [7, 11) is -3.15. The van der Waals surface area contributed by atoms with Gasteiger partial charge in [-0.3, -0.25) is 0 Å². The van der Waals surface area contributed by atoms with E-state index in [1.807, 2.05) is 20.8 Å². The second kappa shape index (κ2) is 6.15. The Balaban J connectivity index is 2.67. The third-order valence-corrected chi connectivity index (χ3v) is 3.30. The molecule has 0 radical (unpaired) electrons. The van der Waals surface area contributed by atoms with Crippen molar-refractivity contribution in [3.8, 4) is 0 Å². The highest BCUT2D eigenvalue weighted by Gasteiger charge is 2.18. The normalized spacial score (nSPS) is 12.5. The predicted molar refractivity (Wildman–Crippen MR) is 79.8 cm³/mol. The maximum atomic E-state index is 10.9. The molecule has 0 saturated carbocycles. The van der Waals surface area contributed by atoms with Crippen LogP contribution in [0.3, 0.4) is 0 Å². The van der Waals surface area contributed by atoms with Gasteiger partial charge >= 0.3 is 0 Å². The van der Waals surface area contributed by atoms with E-state index in [4.69, 9.17) is 0 Å². The van der Waals surface area contributed by atoms with Crippen LogP contribution in [0.25, 0.3) is 0 Å². The van der Waals surface area contributed by atoms with E-state index in [0.29, 0.717) is 23.5 Å². The first-order chi connectivity index (χ1) is 8.58. The van der Waals surface area contributed by atoms with Crippen LogP contribution in [0, 0.1) is 0 Å². The van der Waals surface area contributed by atoms with Crippen molar-refractivity contribution < 1.29 is 8.42 Å². The minimum Gasteiger partial charge on any atom is -0.369 e.